The van der Waals surface area contributed by atoms with Crippen molar-refractivity contribution in [3.63, 3.8) is 0 Å². The summed E-state index contributed by atoms with van der Waals surface area (Å²) in [6, 6.07) is 7.12. The predicted molar refractivity (Wildman–Crippen MR) is 71.9 cm³/mol. The summed E-state index contributed by atoms with van der Waals surface area (Å²) in [4.78, 5) is 11.9. The Kier molecular flexibility index (Phi) is 4.76. The average molecular weight is 250 g/mol. The molecule has 0 spiro atoms. The van der Waals surface area contributed by atoms with E-state index in [1.807, 2.05) is 46.8 Å². The number of ether oxygens (including phenoxy) is 2. The van der Waals surface area contributed by atoms with Gasteiger partial charge in [-0.25, -0.2) is 0 Å². The molecule has 0 unspecified atom stereocenters. The molecule has 0 aliphatic heterocycles. The lowest BCUT2D eigenvalue weighted by Crippen LogP contribution is -2.28. The van der Waals surface area contributed by atoms with Crippen molar-refractivity contribution in [2.24, 2.45) is 5.41 Å². The van der Waals surface area contributed by atoms with Gasteiger partial charge in [0.25, 0.3) is 0 Å². The lowest BCUT2D eigenvalue weighted by Gasteiger charge is -2.20. The van der Waals surface area contributed by atoms with Gasteiger partial charge in [-0.1, -0.05) is 6.92 Å². The molecule has 0 bridgehead atoms. The Morgan fingerprint density at radius 3 is 2.11 bits per heavy atom. The highest BCUT2D eigenvalue weighted by molar-refractivity contribution is 5.78. The second-order valence-electron chi connectivity index (χ2n) is 5.26. The number of hydrogen-bond donors (Lipinski definition) is 0. The lowest BCUT2D eigenvalue weighted by atomic mass is 9.91. The van der Waals surface area contributed by atoms with Crippen molar-refractivity contribution in [3.05, 3.63) is 24.3 Å². The van der Waals surface area contributed by atoms with Crippen LogP contribution in [0.25, 0.3) is 0 Å². The normalized spacial score (nSPS) is 11.4. The highest BCUT2D eigenvalue weighted by Crippen LogP contribution is 2.25. The van der Waals surface area contributed by atoms with Crippen LogP contribution in [0.5, 0.6) is 11.5 Å². The third-order valence-corrected chi connectivity index (χ3v) is 2.84. The molecule has 0 N–H and O–H groups in total. The minimum absolute atomic E-state index is 0.137. The number of benzene rings is 1. The summed E-state index contributed by atoms with van der Waals surface area (Å²) in [5, 5.41) is 0. The van der Waals surface area contributed by atoms with Gasteiger partial charge in [0.05, 0.1) is 11.5 Å². The van der Waals surface area contributed by atoms with E-state index in [1.165, 1.54) is 0 Å². The van der Waals surface area contributed by atoms with Crippen LogP contribution in [0.15, 0.2) is 24.3 Å². The van der Waals surface area contributed by atoms with E-state index in [2.05, 4.69) is 0 Å². The second kappa shape index (κ2) is 5.89. The molecule has 0 fully saturated rings. The summed E-state index contributed by atoms with van der Waals surface area (Å²) >= 11 is 0. The Hall–Kier alpha value is -1.51. The van der Waals surface area contributed by atoms with Crippen LogP contribution in [0, 0.1) is 5.41 Å². The Morgan fingerprint density at radius 2 is 1.67 bits per heavy atom. The molecule has 0 atom stereocenters. The zero-order valence-corrected chi connectivity index (χ0v) is 11.8. The lowest BCUT2D eigenvalue weighted by molar-refractivity contribution is -0.144. The van der Waals surface area contributed by atoms with Crippen LogP contribution in [0.1, 0.15) is 41.0 Å². The van der Waals surface area contributed by atoms with Crippen molar-refractivity contribution in [2.45, 2.75) is 47.1 Å². The first-order chi connectivity index (χ1) is 8.35. The molecule has 100 valence electrons. The van der Waals surface area contributed by atoms with E-state index in [1.54, 1.807) is 12.1 Å². The van der Waals surface area contributed by atoms with Gasteiger partial charge in [0.15, 0.2) is 0 Å². The van der Waals surface area contributed by atoms with Crippen molar-refractivity contribution >= 4 is 5.97 Å². The van der Waals surface area contributed by atoms with Gasteiger partial charge in [0.1, 0.15) is 11.5 Å². The van der Waals surface area contributed by atoms with Gasteiger partial charge >= 0.3 is 5.97 Å². The minimum atomic E-state index is -0.451. The van der Waals surface area contributed by atoms with Gasteiger partial charge in [-0.05, 0) is 58.4 Å². The van der Waals surface area contributed by atoms with Crippen molar-refractivity contribution < 1.29 is 14.3 Å². The van der Waals surface area contributed by atoms with Crippen LogP contribution < -0.4 is 9.47 Å². The zero-order valence-electron chi connectivity index (χ0n) is 11.8. The van der Waals surface area contributed by atoms with E-state index < -0.39 is 5.41 Å². The topological polar surface area (TPSA) is 35.5 Å². The molecule has 0 heterocycles. The monoisotopic (exact) mass is 250 g/mol. The van der Waals surface area contributed by atoms with E-state index in [0.717, 1.165) is 12.2 Å². The van der Waals surface area contributed by atoms with E-state index in [0.29, 0.717) is 5.75 Å². The maximum Gasteiger partial charge on any atom is 0.316 e. The van der Waals surface area contributed by atoms with Crippen molar-refractivity contribution in [1.82, 2.24) is 0 Å². The van der Waals surface area contributed by atoms with Gasteiger partial charge in [0.2, 0.25) is 0 Å². The quantitative estimate of drug-likeness (QED) is 0.588. The fourth-order valence-electron chi connectivity index (χ4n) is 1.25. The van der Waals surface area contributed by atoms with E-state index in [4.69, 9.17) is 9.47 Å². The summed E-state index contributed by atoms with van der Waals surface area (Å²) in [7, 11) is 0. The highest BCUT2D eigenvalue weighted by atomic mass is 16.5. The average Bonchev–Trinajstić information content (AvgIpc) is 2.31. The van der Waals surface area contributed by atoms with Gasteiger partial charge < -0.3 is 9.47 Å². The molecule has 0 aromatic heterocycles. The van der Waals surface area contributed by atoms with Gasteiger partial charge in [0, 0.05) is 0 Å². The predicted octanol–water partition coefficient (Wildman–Crippen LogP) is 3.82. The largest absolute Gasteiger partial charge is 0.491 e. The molecule has 1 aromatic carbocycles. The SMILES string of the molecule is CCC(C)(C)C(=O)Oc1ccc(OC(C)C)cc1. The molecular formula is C15H22O3. The molecule has 1 rings (SSSR count). The molecule has 3 heteroatoms. The molecule has 0 aliphatic rings. The van der Waals surface area contributed by atoms with E-state index >= 15 is 0 Å². The number of esters is 1. The summed E-state index contributed by atoms with van der Waals surface area (Å²) in [5.41, 5.74) is -0.451. The fraction of sp³-hybridized carbons (Fsp3) is 0.533. The molecule has 3 nitrogen and oxygen atoms in total. The number of rotatable bonds is 5. The first kappa shape index (κ1) is 14.6. The summed E-state index contributed by atoms with van der Waals surface area (Å²) in [6.45, 7) is 9.67. The first-order valence-electron chi connectivity index (χ1n) is 6.34. The Balaban J connectivity index is 2.67. The highest BCUT2D eigenvalue weighted by Gasteiger charge is 2.27. The van der Waals surface area contributed by atoms with E-state index in [9.17, 15) is 4.79 Å². The molecule has 0 radical (unpaired) electrons. The standard InChI is InChI=1S/C15H22O3/c1-6-15(4,5)14(16)18-13-9-7-12(8-10-13)17-11(2)3/h7-11H,6H2,1-5H3. The minimum Gasteiger partial charge on any atom is -0.491 e. The molecule has 0 amide bonds. The van der Waals surface area contributed by atoms with Crippen LogP contribution in [0.4, 0.5) is 0 Å². The molecular weight excluding hydrogens is 228 g/mol. The van der Waals surface area contributed by atoms with Gasteiger partial charge in [-0.2, -0.15) is 0 Å². The molecule has 0 aliphatic carbocycles. The molecule has 0 saturated carbocycles. The third kappa shape index (κ3) is 4.06. The second-order valence-corrected chi connectivity index (χ2v) is 5.26. The molecule has 1 aromatic rings. The Labute approximate surface area is 109 Å². The number of hydrogen-bond acceptors (Lipinski definition) is 3. The third-order valence-electron chi connectivity index (χ3n) is 2.84. The zero-order chi connectivity index (χ0) is 13.8. The van der Waals surface area contributed by atoms with Crippen molar-refractivity contribution in [1.29, 1.82) is 0 Å². The fourth-order valence-corrected chi connectivity index (χ4v) is 1.25. The van der Waals surface area contributed by atoms with Crippen LogP contribution in [0.3, 0.4) is 0 Å². The van der Waals surface area contributed by atoms with Crippen LogP contribution >= 0.6 is 0 Å². The number of carbonyl (C=O) groups is 1. The maximum atomic E-state index is 11.9. The van der Waals surface area contributed by atoms with E-state index in [-0.39, 0.29) is 12.1 Å². The van der Waals surface area contributed by atoms with Crippen LogP contribution in [-0.2, 0) is 4.79 Å². The molecule has 18 heavy (non-hydrogen) atoms. The molecule has 0 saturated heterocycles. The Bertz CT molecular complexity index is 391. The number of carbonyl (C=O) groups excluding carboxylic acids is 1. The van der Waals surface area contributed by atoms with Crippen molar-refractivity contribution in [2.75, 3.05) is 0 Å². The smallest absolute Gasteiger partial charge is 0.316 e. The van der Waals surface area contributed by atoms with Crippen molar-refractivity contribution in [3.8, 4) is 11.5 Å². The Morgan fingerprint density at radius 1 is 1.17 bits per heavy atom. The van der Waals surface area contributed by atoms with Gasteiger partial charge in [-0.3, -0.25) is 4.79 Å². The maximum absolute atomic E-state index is 11.9. The summed E-state index contributed by atoms with van der Waals surface area (Å²) < 4.78 is 10.9. The van der Waals surface area contributed by atoms with Gasteiger partial charge in [-0.15, -0.1) is 0 Å². The summed E-state index contributed by atoms with van der Waals surface area (Å²) in [5.74, 6) is 1.12. The summed E-state index contributed by atoms with van der Waals surface area (Å²) in [6.07, 6.45) is 0.887. The van der Waals surface area contributed by atoms with Crippen LogP contribution in [-0.4, -0.2) is 12.1 Å². The van der Waals surface area contributed by atoms with Crippen LogP contribution in [0.2, 0.25) is 0 Å². The first-order valence-corrected chi connectivity index (χ1v) is 6.34.